The number of hydrogen-bond acceptors (Lipinski definition) is 2. The number of halogens is 1. The van der Waals surface area contributed by atoms with Crippen LogP contribution in [0.15, 0.2) is 28.9 Å². The van der Waals surface area contributed by atoms with Gasteiger partial charge in [0.25, 0.3) is 0 Å². The molecule has 1 aromatic heterocycles. The predicted molar refractivity (Wildman–Crippen MR) is 82.9 cm³/mol. The fourth-order valence-electron chi connectivity index (χ4n) is 2.10. The summed E-state index contributed by atoms with van der Waals surface area (Å²) in [5.74, 6) is 0.938. The molecule has 0 atom stereocenters. The summed E-state index contributed by atoms with van der Waals surface area (Å²) in [6.45, 7) is 7.12. The minimum Gasteiger partial charge on any atom is -0.329 e. The number of rotatable bonds is 2. The number of benzene rings is 1. The summed E-state index contributed by atoms with van der Waals surface area (Å²) in [5.41, 5.74) is 9.34. The lowest BCUT2D eigenvalue weighted by Gasteiger charge is -2.19. The first-order valence-electron chi connectivity index (χ1n) is 6.36. The van der Waals surface area contributed by atoms with Crippen LogP contribution in [0.3, 0.4) is 0 Å². The third kappa shape index (κ3) is 2.74. The van der Waals surface area contributed by atoms with Crippen LogP contribution < -0.4 is 5.73 Å². The van der Waals surface area contributed by atoms with E-state index in [0.29, 0.717) is 6.54 Å². The molecule has 2 aromatic rings. The van der Waals surface area contributed by atoms with Gasteiger partial charge in [-0.3, -0.25) is 0 Å². The third-order valence-corrected chi connectivity index (χ3v) is 4.00. The van der Waals surface area contributed by atoms with Crippen molar-refractivity contribution >= 4 is 15.9 Å². The van der Waals surface area contributed by atoms with Crippen LogP contribution in [0, 0.1) is 0 Å². The van der Waals surface area contributed by atoms with Gasteiger partial charge in [0, 0.05) is 19.2 Å². The molecular weight excluding hydrogens is 302 g/mol. The molecular formula is C15H20BrN3. The highest BCUT2D eigenvalue weighted by atomic mass is 79.9. The monoisotopic (exact) mass is 321 g/mol. The van der Waals surface area contributed by atoms with Gasteiger partial charge in [0.05, 0.1) is 5.69 Å². The molecule has 0 spiro atoms. The van der Waals surface area contributed by atoms with Crippen LogP contribution in [-0.4, -0.2) is 9.55 Å². The van der Waals surface area contributed by atoms with Gasteiger partial charge in [-0.1, -0.05) is 45.0 Å². The fourth-order valence-corrected chi connectivity index (χ4v) is 2.69. The lowest BCUT2D eigenvalue weighted by molar-refractivity contribution is 0.590. The zero-order valence-electron chi connectivity index (χ0n) is 11.9. The van der Waals surface area contributed by atoms with Crippen LogP contribution in [0.4, 0.5) is 0 Å². The molecule has 4 heteroatoms. The first kappa shape index (κ1) is 14.3. The Morgan fingerprint density at radius 2 is 1.79 bits per heavy atom. The Bertz CT molecular complexity index is 577. The Kier molecular flexibility index (Phi) is 3.83. The smallest absolute Gasteiger partial charge is 0.141 e. The van der Waals surface area contributed by atoms with Gasteiger partial charge in [-0.05, 0) is 26.9 Å². The number of imidazole rings is 1. The first-order chi connectivity index (χ1) is 8.84. The van der Waals surface area contributed by atoms with Crippen LogP contribution in [0.1, 0.15) is 32.0 Å². The molecule has 0 bridgehead atoms. The number of aromatic nitrogens is 2. The highest BCUT2D eigenvalue weighted by Crippen LogP contribution is 2.28. The van der Waals surface area contributed by atoms with Crippen molar-refractivity contribution in [2.45, 2.75) is 32.7 Å². The van der Waals surface area contributed by atoms with Gasteiger partial charge in [-0.2, -0.15) is 0 Å². The summed E-state index contributed by atoms with van der Waals surface area (Å²) in [6.07, 6.45) is 0. The van der Waals surface area contributed by atoms with E-state index in [4.69, 9.17) is 5.73 Å². The van der Waals surface area contributed by atoms with E-state index in [1.165, 1.54) is 5.56 Å². The Hall–Kier alpha value is -1.13. The summed E-state index contributed by atoms with van der Waals surface area (Å²) in [7, 11) is 1.99. The van der Waals surface area contributed by atoms with Crippen molar-refractivity contribution in [3.05, 3.63) is 40.1 Å². The molecule has 0 unspecified atom stereocenters. The van der Waals surface area contributed by atoms with Gasteiger partial charge in [0.2, 0.25) is 0 Å². The van der Waals surface area contributed by atoms with Crippen LogP contribution in [0.25, 0.3) is 11.4 Å². The Labute approximate surface area is 123 Å². The summed E-state index contributed by atoms with van der Waals surface area (Å²) < 4.78 is 2.86. The van der Waals surface area contributed by atoms with Crippen molar-refractivity contribution in [3.63, 3.8) is 0 Å². The molecule has 2 N–H and O–H groups in total. The van der Waals surface area contributed by atoms with Crippen molar-refractivity contribution < 1.29 is 0 Å². The second kappa shape index (κ2) is 5.10. The summed E-state index contributed by atoms with van der Waals surface area (Å²) in [6, 6.07) is 8.57. The molecule has 0 saturated carbocycles. The molecule has 3 nitrogen and oxygen atoms in total. The largest absolute Gasteiger partial charge is 0.329 e. The molecule has 0 aliphatic rings. The lowest BCUT2D eigenvalue weighted by Crippen LogP contribution is -2.10. The van der Waals surface area contributed by atoms with E-state index in [0.717, 1.165) is 21.7 Å². The van der Waals surface area contributed by atoms with E-state index in [2.05, 4.69) is 66.0 Å². The molecule has 0 amide bonds. The molecule has 0 aliphatic carbocycles. The van der Waals surface area contributed by atoms with E-state index in [1.807, 2.05) is 11.6 Å². The maximum absolute atomic E-state index is 5.73. The van der Waals surface area contributed by atoms with Gasteiger partial charge in [-0.15, -0.1) is 0 Å². The molecule has 1 aromatic carbocycles. The fraction of sp³-hybridized carbons (Fsp3) is 0.400. The summed E-state index contributed by atoms with van der Waals surface area (Å²) >= 11 is 3.46. The van der Waals surface area contributed by atoms with Gasteiger partial charge in [0.15, 0.2) is 0 Å². The Morgan fingerprint density at radius 3 is 2.21 bits per heavy atom. The average Bonchev–Trinajstić information content (AvgIpc) is 2.63. The topological polar surface area (TPSA) is 43.8 Å². The molecule has 0 radical (unpaired) electrons. The van der Waals surface area contributed by atoms with Crippen molar-refractivity contribution in [2.24, 2.45) is 12.8 Å². The maximum Gasteiger partial charge on any atom is 0.141 e. The van der Waals surface area contributed by atoms with Crippen molar-refractivity contribution in [1.29, 1.82) is 0 Å². The number of nitrogens with two attached hydrogens (primary N) is 1. The maximum atomic E-state index is 5.73. The predicted octanol–water partition coefficient (Wildman–Crippen LogP) is 3.61. The second-order valence-corrected chi connectivity index (χ2v) is 6.51. The van der Waals surface area contributed by atoms with Gasteiger partial charge < -0.3 is 10.3 Å². The van der Waals surface area contributed by atoms with Crippen molar-refractivity contribution in [2.75, 3.05) is 0 Å². The van der Waals surface area contributed by atoms with Gasteiger partial charge in [0.1, 0.15) is 10.4 Å². The zero-order valence-corrected chi connectivity index (χ0v) is 13.5. The molecule has 0 fully saturated rings. The van der Waals surface area contributed by atoms with Crippen LogP contribution in [0.5, 0.6) is 0 Å². The standard InChI is InChI=1S/C15H20BrN3/c1-15(2,3)11-7-5-10(6-8-11)14-18-13(16)12(9-17)19(14)4/h5-8H,9,17H2,1-4H3. The molecule has 102 valence electrons. The van der Waals surface area contributed by atoms with E-state index < -0.39 is 0 Å². The van der Waals surface area contributed by atoms with E-state index >= 15 is 0 Å². The van der Waals surface area contributed by atoms with E-state index in [9.17, 15) is 0 Å². The number of hydrogen-bond donors (Lipinski definition) is 1. The number of nitrogens with zero attached hydrogens (tertiary/aromatic N) is 2. The SMILES string of the molecule is Cn1c(-c2ccc(C(C)(C)C)cc2)nc(Br)c1CN. The Balaban J connectivity index is 2.43. The van der Waals surface area contributed by atoms with Crippen LogP contribution in [-0.2, 0) is 19.0 Å². The third-order valence-electron chi connectivity index (χ3n) is 3.37. The minimum absolute atomic E-state index is 0.170. The van der Waals surface area contributed by atoms with Crippen LogP contribution >= 0.6 is 15.9 Å². The summed E-state index contributed by atoms with van der Waals surface area (Å²) in [5, 5.41) is 0. The molecule has 2 rings (SSSR count). The lowest BCUT2D eigenvalue weighted by atomic mass is 9.87. The van der Waals surface area contributed by atoms with E-state index in [1.54, 1.807) is 0 Å². The first-order valence-corrected chi connectivity index (χ1v) is 7.16. The highest BCUT2D eigenvalue weighted by molar-refractivity contribution is 9.10. The Morgan fingerprint density at radius 1 is 1.21 bits per heavy atom. The summed E-state index contributed by atoms with van der Waals surface area (Å²) in [4.78, 5) is 4.54. The second-order valence-electron chi connectivity index (χ2n) is 5.76. The van der Waals surface area contributed by atoms with Gasteiger partial charge >= 0.3 is 0 Å². The minimum atomic E-state index is 0.170. The molecule has 0 aliphatic heterocycles. The molecule has 0 saturated heterocycles. The van der Waals surface area contributed by atoms with Crippen LogP contribution in [0.2, 0.25) is 0 Å². The van der Waals surface area contributed by atoms with Crippen molar-refractivity contribution in [3.8, 4) is 11.4 Å². The van der Waals surface area contributed by atoms with Crippen molar-refractivity contribution in [1.82, 2.24) is 9.55 Å². The van der Waals surface area contributed by atoms with E-state index in [-0.39, 0.29) is 5.41 Å². The highest BCUT2D eigenvalue weighted by Gasteiger charge is 2.16. The zero-order chi connectivity index (χ0) is 14.2. The van der Waals surface area contributed by atoms with Gasteiger partial charge in [-0.25, -0.2) is 4.98 Å². The quantitative estimate of drug-likeness (QED) is 0.918. The average molecular weight is 322 g/mol. The normalized spacial score (nSPS) is 11.9. The molecule has 1 heterocycles. The molecule has 19 heavy (non-hydrogen) atoms.